The molecule has 126 valence electrons. The summed E-state index contributed by atoms with van der Waals surface area (Å²) in [6, 6.07) is 1.37. The zero-order valence-electron chi connectivity index (χ0n) is 12.9. The van der Waals surface area contributed by atoms with Gasteiger partial charge in [0, 0.05) is 19.2 Å². The summed E-state index contributed by atoms with van der Waals surface area (Å²) >= 11 is 5.76. The van der Waals surface area contributed by atoms with Crippen LogP contribution < -0.4 is 15.0 Å². The van der Waals surface area contributed by atoms with Gasteiger partial charge in [0.25, 0.3) is 11.5 Å². The zero-order chi connectivity index (χ0) is 17.1. The monoisotopic (exact) mass is 350 g/mol. The van der Waals surface area contributed by atoms with Crippen LogP contribution in [0.1, 0.15) is 16.8 Å². The molecule has 1 aliphatic heterocycles. The first-order valence-electron chi connectivity index (χ1n) is 7.27. The third kappa shape index (κ3) is 3.48. The molecule has 0 aliphatic carbocycles. The first-order chi connectivity index (χ1) is 11.6. The fourth-order valence-electron chi connectivity index (χ4n) is 2.43. The van der Waals surface area contributed by atoms with Gasteiger partial charge in [-0.25, -0.2) is 0 Å². The number of aromatic nitrogens is 3. The number of hydrogen-bond donors (Lipinski definition) is 1. The molecule has 0 aromatic carbocycles. The molecule has 8 nitrogen and oxygen atoms in total. The molecular weight excluding hydrogens is 336 g/mol. The molecule has 1 aliphatic rings. The predicted octanol–water partition coefficient (Wildman–Crippen LogP) is 1.12. The fraction of sp³-hybridized carbons (Fsp3) is 0.333. The summed E-state index contributed by atoms with van der Waals surface area (Å²) in [5.74, 6) is 0.498. The van der Waals surface area contributed by atoms with Crippen molar-refractivity contribution < 1.29 is 14.3 Å². The summed E-state index contributed by atoms with van der Waals surface area (Å²) in [6.07, 6.45) is 4.82. The van der Waals surface area contributed by atoms with Gasteiger partial charge in [-0.15, -0.1) is 0 Å². The van der Waals surface area contributed by atoms with E-state index in [1.54, 1.807) is 4.90 Å². The molecule has 24 heavy (non-hydrogen) atoms. The minimum atomic E-state index is -0.424. The molecule has 1 saturated heterocycles. The molecule has 1 N–H and O–H groups in total. The van der Waals surface area contributed by atoms with Crippen LogP contribution in [0.4, 0.5) is 0 Å². The number of halogens is 1. The van der Waals surface area contributed by atoms with Crippen molar-refractivity contribution in [2.75, 3.05) is 20.2 Å². The summed E-state index contributed by atoms with van der Waals surface area (Å²) in [4.78, 5) is 35.9. The first-order valence-corrected chi connectivity index (χ1v) is 7.65. The largest absolute Gasteiger partial charge is 0.480 e. The number of likely N-dealkylation sites (tertiary alicyclic amines) is 1. The van der Waals surface area contributed by atoms with Crippen LogP contribution in [0.3, 0.4) is 0 Å². The molecule has 9 heteroatoms. The molecule has 2 aromatic rings. The number of nitrogens with one attached hydrogen (secondary N) is 1. The first kappa shape index (κ1) is 16.3. The van der Waals surface area contributed by atoms with E-state index in [4.69, 9.17) is 21.1 Å². The van der Waals surface area contributed by atoms with Crippen molar-refractivity contribution in [2.24, 2.45) is 0 Å². The third-order valence-electron chi connectivity index (χ3n) is 3.62. The number of carbonyl (C=O) groups is 1. The maximum absolute atomic E-state index is 12.5. The van der Waals surface area contributed by atoms with E-state index in [-0.39, 0.29) is 17.0 Å². The van der Waals surface area contributed by atoms with E-state index in [0.717, 1.165) is 0 Å². The summed E-state index contributed by atoms with van der Waals surface area (Å²) in [5.41, 5.74) is -0.0890. The van der Waals surface area contributed by atoms with Gasteiger partial charge in [-0.1, -0.05) is 11.6 Å². The minimum Gasteiger partial charge on any atom is -0.480 e. The molecule has 1 amide bonds. The van der Waals surface area contributed by atoms with Crippen molar-refractivity contribution in [2.45, 2.75) is 12.5 Å². The Bertz CT molecular complexity index is 810. The van der Waals surface area contributed by atoms with Gasteiger partial charge in [0.15, 0.2) is 0 Å². The molecule has 3 heterocycles. The highest BCUT2D eigenvalue weighted by Crippen LogP contribution is 2.19. The third-order valence-corrected chi connectivity index (χ3v) is 3.90. The van der Waals surface area contributed by atoms with Crippen molar-refractivity contribution in [1.82, 2.24) is 19.9 Å². The molecule has 2 aromatic heterocycles. The van der Waals surface area contributed by atoms with Crippen LogP contribution in [0, 0.1) is 0 Å². The molecule has 1 unspecified atom stereocenters. The summed E-state index contributed by atoms with van der Waals surface area (Å²) < 4.78 is 10.7. The topological polar surface area (TPSA) is 97.4 Å². The maximum Gasteiger partial charge on any atom is 0.266 e. The second-order valence-corrected chi connectivity index (χ2v) is 5.65. The SMILES string of the molecule is COc1cncc(OC2CCN(C(=O)c3c[nH]c(=O)c(Cl)c3)C2)n1. The lowest BCUT2D eigenvalue weighted by Crippen LogP contribution is -2.31. The average Bonchev–Trinajstić information content (AvgIpc) is 3.05. The van der Waals surface area contributed by atoms with Crippen LogP contribution in [0.2, 0.25) is 5.02 Å². The highest BCUT2D eigenvalue weighted by Gasteiger charge is 2.29. The quantitative estimate of drug-likeness (QED) is 0.887. The molecule has 3 rings (SSSR count). The van der Waals surface area contributed by atoms with E-state index in [2.05, 4.69) is 15.0 Å². The van der Waals surface area contributed by atoms with Crippen molar-refractivity contribution in [3.63, 3.8) is 0 Å². The Kier molecular flexibility index (Phi) is 4.66. The number of aromatic amines is 1. The van der Waals surface area contributed by atoms with Crippen molar-refractivity contribution in [3.8, 4) is 11.8 Å². The van der Waals surface area contributed by atoms with Gasteiger partial charge >= 0.3 is 0 Å². The lowest BCUT2D eigenvalue weighted by Gasteiger charge is -2.17. The van der Waals surface area contributed by atoms with E-state index in [9.17, 15) is 9.59 Å². The molecule has 0 spiro atoms. The van der Waals surface area contributed by atoms with E-state index in [0.29, 0.717) is 36.8 Å². The number of pyridine rings is 1. The second-order valence-electron chi connectivity index (χ2n) is 5.24. The normalized spacial score (nSPS) is 16.9. The lowest BCUT2D eigenvalue weighted by molar-refractivity contribution is 0.0770. The number of ether oxygens (including phenoxy) is 2. The number of H-pyrrole nitrogens is 1. The Morgan fingerprint density at radius 2 is 2.21 bits per heavy atom. The summed E-state index contributed by atoms with van der Waals surface area (Å²) in [6.45, 7) is 0.951. The second kappa shape index (κ2) is 6.88. The Balaban J connectivity index is 1.65. The van der Waals surface area contributed by atoms with E-state index < -0.39 is 5.56 Å². The lowest BCUT2D eigenvalue weighted by atomic mass is 10.2. The molecule has 1 fully saturated rings. The molecular formula is C15H15ClN4O4. The molecule has 0 bridgehead atoms. The van der Waals surface area contributed by atoms with Crippen LogP contribution in [0.5, 0.6) is 11.8 Å². The van der Waals surface area contributed by atoms with Crippen LogP contribution in [-0.2, 0) is 0 Å². The van der Waals surface area contributed by atoms with Gasteiger partial charge in [-0.2, -0.15) is 4.98 Å². The van der Waals surface area contributed by atoms with Gasteiger partial charge in [0.05, 0.1) is 31.6 Å². The van der Waals surface area contributed by atoms with Crippen LogP contribution in [0.25, 0.3) is 0 Å². The average molecular weight is 351 g/mol. The molecule has 0 saturated carbocycles. The smallest absolute Gasteiger partial charge is 0.266 e. The number of hydrogen-bond acceptors (Lipinski definition) is 6. The number of rotatable bonds is 4. The Morgan fingerprint density at radius 1 is 1.42 bits per heavy atom. The van der Waals surface area contributed by atoms with Gasteiger partial charge in [0.2, 0.25) is 11.8 Å². The van der Waals surface area contributed by atoms with Crippen LogP contribution >= 0.6 is 11.6 Å². The highest BCUT2D eigenvalue weighted by molar-refractivity contribution is 6.30. The maximum atomic E-state index is 12.5. The standard InChI is InChI=1S/C15H15ClN4O4/c1-23-12-6-17-7-13(19-12)24-10-2-3-20(8-10)15(22)9-4-11(16)14(21)18-5-9/h4-7,10H,2-3,8H2,1H3,(H,18,21). The highest BCUT2D eigenvalue weighted by atomic mass is 35.5. The molecule has 1 atom stereocenters. The van der Waals surface area contributed by atoms with Crippen LogP contribution in [-0.4, -0.2) is 52.1 Å². The molecule has 0 radical (unpaired) electrons. The number of methoxy groups -OCH3 is 1. The number of amides is 1. The fourth-order valence-corrected chi connectivity index (χ4v) is 2.60. The van der Waals surface area contributed by atoms with Gasteiger partial charge < -0.3 is 19.4 Å². The Morgan fingerprint density at radius 3 is 2.96 bits per heavy atom. The van der Waals surface area contributed by atoms with Crippen molar-refractivity contribution in [3.05, 3.63) is 45.6 Å². The number of carbonyl (C=O) groups excluding carboxylic acids is 1. The van der Waals surface area contributed by atoms with E-state index in [1.165, 1.54) is 31.8 Å². The van der Waals surface area contributed by atoms with Gasteiger partial charge in [-0.3, -0.25) is 14.6 Å². The van der Waals surface area contributed by atoms with Crippen molar-refractivity contribution in [1.29, 1.82) is 0 Å². The van der Waals surface area contributed by atoms with Gasteiger partial charge in [0.1, 0.15) is 11.1 Å². The van der Waals surface area contributed by atoms with Crippen LogP contribution in [0.15, 0.2) is 29.5 Å². The predicted molar refractivity (Wildman–Crippen MR) is 85.6 cm³/mol. The zero-order valence-corrected chi connectivity index (χ0v) is 13.6. The minimum absolute atomic E-state index is 0.0144. The van der Waals surface area contributed by atoms with E-state index >= 15 is 0 Å². The Hall–Kier alpha value is -2.61. The van der Waals surface area contributed by atoms with Gasteiger partial charge in [-0.05, 0) is 6.07 Å². The Labute approximate surface area is 142 Å². The number of nitrogens with zero attached hydrogens (tertiary/aromatic N) is 3. The summed E-state index contributed by atoms with van der Waals surface area (Å²) in [7, 11) is 1.50. The van der Waals surface area contributed by atoms with E-state index in [1.807, 2.05) is 0 Å². The van der Waals surface area contributed by atoms with Crippen molar-refractivity contribution >= 4 is 17.5 Å². The summed E-state index contributed by atoms with van der Waals surface area (Å²) in [5, 5.41) is -0.0144.